The van der Waals surface area contributed by atoms with Crippen molar-refractivity contribution in [3.8, 4) is 0 Å². The van der Waals surface area contributed by atoms with Gasteiger partial charge in [-0.2, -0.15) is 0 Å². The first-order valence-electron chi connectivity index (χ1n) is 1.80. The van der Waals surface area contributed by atoms with Gasteiger partial charge in [-0.15, -0.1) is 0 Å². The van der Waals surface area contributed by atoms with E-state index in [1.54, 1.807) is 0 Å². The molecule has 2 heteroatoms. The van der Waals surface area contributed by atoms with Crippen molar-refractivity contribution < 1.29 is 8.78 Å². The Morgan fingerprint density at radius 1 is 1.67 bits per heavy atom. The first kappa shape index (κ1) is 5.86. The SMILES string of the molecule is [CH2]C[C@H](F)CF. The number of hydrogen-bond acceptors (Lipinski definition) is 0. The molecule has 0 aliphatic heterocycles. The highest BCUT2D eigenvalue weighted by Crippen LogP contribution is 1.94. The number of hydrogen-bond donors (Lipinski definition) is 0. The average Bonchev–Trinajstić information content (AvgIpc) is 1.65. The molecule has 0 unspecified atom stereocenters. The van der Waals surface area contributed by atoms with Crippen LogP contribution in [0, 0.1) is 6.92 Å². The summed E-state index contributed by atoms with van der Waals surface area (Å²) in [4.78, 5) is 0. The monoisotopic (exact) mass is 93.1 g/mol. The molecule has 6 heavy (non-hydrogen) atoms. The molecule has 0 aliphatic carbocycles. The van der Waals surface area contributed by atoms with Crippen LogP contribution in [0.4, 0.5) is 8.78 Å². The molecule has 0 spiro atoms. The Bertz CT molecular complexity index is 24.7. The van der Waals surface area contributed by atoms with Gasteiger partial charge in [0.1, 0.15) is 12.8 Å². The molecule has 0 nitrogen and oxygen atoms in total. The van der Waals surface area contributed by atoms with Gasteiger partial charge in [0.25, 0.3) is 0 Å². The van der Waals surface area contributed by atoms with Crippen LogP contribution < -0.4 is 0 Å². The highest BCUT2D eigenvalue weighted by Gasteiger charge is 1.97. The maximum atomic E-state index is 11.4. The van der Waals surface area contributed by atoms with Crippen LogP contribution in [0.25, 0.3) is 0 Å². The summed E-state index contributed by atoms with van der Waals surface area (Å²) in [6.07, 6.45) is -1.30. The third kappa shape index (κ3) is 2.12. The second-order valence-electron chi connectivity index (χ2n) is 1.04. The minimum Gasteiger partial charge on any atom is -0.248 e. The molecule has 0 saturated carbocycles. The van der Waals surface area contributed by atoms with E-state index >= 15 is 0 Å². The lowest BCUT2D eigenvalue weighted by Crippen LogP contribution is -1.97. The van der Waals surface area contributed by atoms with Crippen LogP contribution in [-0.4, -0.2) is 12.8 Å². The maximum absolute atomic E-state index is 11.4. The van der Waals surface area contributed by atoms with Crippen LogP contribution in [0.2, 0.25) is 0 Å². The lowest BCUT2D eigenvalue weighted by molar-refractivity contribution is 0.262. The average molecular weight is 93.1 g/mol. The summed E-state index contributed by atoms with van der Waals surface area (Å²) in [5.41, 5.74) is 0. The van der Waals surface area contributed by atoms with E-state index in [2.05, 4.69) is 6.92 Å². The molecular formula is C4H7F2. The summed E-state index contributed by atoms with van der Waals surface area (Å²) in [5, 5.41) is 0. The van der Waals surface area contributed by atoms with Crippen molar-refractivity contribution >= 4 is 0 Å². The molecule has 1 radical (unpaired) electrons. The lowest BCUT2D eigenvalue weighted by Gasteiger charge is -1.91. The van der Waals surface area contributed by atoms with Crippen LogP contribution in [0.15, 0.2) is 0 Å². The van der Waals surface area contributed by atoms with E-state index in [-0.39, 0.29) is 6.42 Å². The van der Waals surface area contributed by atoms with Crippen LogP contribution in [0.1, 0.15) is 6.42 Å². The topological polar surface area (TPSA) is 0 Å². The summed E-state index contributed by atoms with van der Waals surface area (Å²) in [6, 6.07) is 0. The van der Waals surface area contributed by atoms with E-state index in [0.717, 1.165) is 0 Å². The normalized spacial score (nSPS) is 14.5. The first-order valence-corrected chi connectivity index (χ1v) is 1.80. The Balaban J connectivity index is 2.75. The zero-order chi connectivity index (χ0) is 4.99. The van der Waals surface area contributed by atoms with Gasteiger partial charge in [-0.3, -0.25) is 0 Å². The summed E-state index contributed by atoms with van der Waals surface area (Å²) < 4.78 is 22.4. The fourth-order valence-corrected chi connectivity index (χ4v) is 0.0772. The molecule has 37 valence electrons. The van der Waals surface area contributed by atoms with Gasteiger partial charge in [-0.25, -0.2) is 8.78 Å². The molecule has 0 N–H and O–H groups in total. The molecular weight excluding hydrogens is 86.0 g/mol. The van der Waals surface area contributed by atoms with E-state index in [4.69, 9.17) is 0 Å². The molecule has 0 heterocycles. The molecule has 0 aromatic rings. The Labute approximate surface area is 36.2 Å². The number of halogens is 2. The van der Waals surface area contributed by atoms with Gasteiger partial charge in [-0.1, -0.05) is 6.92 Å². The molecule has 0 amide bonds. The van der Waals surface area contributed by atoms with Gasteiger partial charge >= 0.3 is 0 Å². The third-order valence-corrected chi connectivity index (χ3v) is 0.481. The quantitative estimate of drug-likeness (QED) is 0.485. The fourth-order valence-electron chi connectivity index (χ4n) is 0.0772. The molecule has 0 fully saturated rings. The molecule has 1 atom stereocenters. The van der Waals surface area contributed by atoms with Crippen LogP contribution in [0.3, 0.4) is 0 Å². The van der Waals surface area contributed by atoms with Gasteiger partial charge < -0.3 is 0 Å². The molecule has 0 aliphatic rings. The Morgan fingerprint density at radius 3 is 2.17 bits per heavy atom. The summed E-state index contributed by atoms with van der Waals surface area (Å²) in [7, 11) is 0. The predicted octanol–water partition coefficient (Wildman–Crippen LogP) is 1.52. The zero-order valence-electron chi connectivity index (χ0n) is 3.45. The van der Waals surface area contributed by atoms with E-state index in [0.29, 0.717) is 0 Å². The summed E-state index contributed by atoms with van der Waals surface area (Å²) in [5.74, 6) is 0. The Hall–Kier alpha value is -0.140. The van der Waals surface area contributed by atoms with Gasteiger partial charge in [0, 0.05) is 0 Å². The maximum Gasteiger partial charge on any atom is 0.128 e. The smallest absolute Gasteiger partial charge is 0.128 e. The van der Waals surface area contributed by atoms with E-state index in [9.17, 15) is 8.78 Å². The van der Waals surface area contributed by atoms with Crippen molar-refractivity contribution in [2.75, 3.05) is 6.67 Å². The Morgan fingerprint density at radius 2 is 2.17 bits per heavy atom. The molecule has 0 saturated heterocycles. The van der Waals surface area contributed by atoms with E-state index in [1.165, 1.54) is 0 Å². The molecule has 0 rings (SSSR count). The van der Waals surface area contributed by atoms with Crippen molar-refractivity contribution in [2.45, 2.75) is 12.6 Å². The van der Waals surface area contributed by atoms with Crippen molar-refractivity contribution in [3.63, 3.8) is 0 Å². The Kier molecular flexibility index (Phi) is 2.99. The van der Waals surface area contributed by atoms with Crippen molar-refractivity contribution in [1.82, 2.24) is 0 Å². The molecule has 0 aromatic carbocycles. The lowest BCUT2D eigenvalue weighted by atomic mass is 10.3. The fraction of sp³-hybridized carbons (Fsp3) is 0.750. The standard InChI is InChI=1S/C4H7F2/c1-2-4(6)3-5/h4H,1-3H2/t4-/m0/s1. The van der Waals surface area contributed by atoms with Crippen LogP contribution in [0.5, 0.6) is 0 Å². The second kappa shape index (κ2) is 3.07. The number of rotatable bonds is 2. The van der Waals surface area contributed by atoms with Gasteiger partial charge in [0.05, 0.1) is 0 Å². The summed E-state index contributed by atoms with van der Waals surface area (Å²) >= 11 is 0. The van der Waals surface area contributed by atoms with Crippen molar-refractivity contribution in [1.29, 1.82) is 0 Å². The van der Waals surface area contributed by atoms with E-state index < -0.39 is 12.8 Å². The van der Waals surface area contributed by atoms with Crippen molar-refractivity contribution in [2.24, 2.45) is 0 Å². The minimum atomic E-state index is -1.34. The highest BCUT2D eigenvalue weighted by molar-refractivity contribution is 4.52. The molecule has 0 bridgehead atoms. The largest absolute Gasteiger partial charge is 0.248 e. The van der Waals surface area contributed by atoms with Gasteiger partial charge in [-0.05, 0) is 6.42 Å². The van der Waals surface area contributed by atoms with Gasteiger partial charge in [0.15, 0.2) is 0 Å². The van der Waals surface area contributed by atoms with Crippen LogP contribution in [-0.2, 0) is 0 Å². The summed E-state index contributed by atoms with van der Waals surface area (Å²) in [6.45, 7) is 2.24. The molecule has 0 aromatic heterocycles. The third-order valence-electron chi connectivity index (χ3n) is 0.481. The van der Waals surface area contributed by atoms with Crippen LogP contribution >= 0.6 is 0 Å². The second-order valence-corrected chi connectivity index (χ2v) is 1.04. The highest BCUT2D eigenvalue weighted by atomic mass is 19.2. The predicted molar refractivity (Wildman–Crippen MR) is 20.8 cm³/mol. The first-order chi connectivity index (χ1) is 2.81. The van der Waals surface area contributed by atoms with Crippen molar-refractivity contribution in [3.05, 3.63) is 6.92 Å². The zero-order valence-corrected chi connectivity index (χ0v) is 3.45. The minimum absolute atomic E-state index is 0.0382. The number of alkyl halides is 2. The van der Waals surface area contributed by atoms with Gasteiger partial charge in [0.2, 0.25) is 0 Å². The van der Waals surface area contributed by atoms with E-state index in [1.807, 2.05) is 0 Å².